The van der Waals surface area contributed by atoms with Gasteiger partial charge in [-0.2, -0.15) is 0 Å². The van der Waals surface area contributed by atoms with E-state index in [1.54, 1.807) is 6.07 Å². The fourth-order valence-corrected chi connectivity index (χ4v) is 1.71. The Morgan fingerprint density at radius 3 is 2.93 bits per heavy atom. The molecule has 1 N–H and O–H groups in total. The third-order valence-corrected chi connectivity index (χ3v) is 2.76. The molecule has 1 aromatic heterocycles. The molecule has 0 aliphatic carbocycles. The van der Waals surface area contributed by atoms with Crippen LogP contribution >= 0.6 is 34.2 Å². The minimum Gasteiger partial charge on any atom is -0.452 e. The van der Waals surface area contributed by atoms with Gasteiger partial charge in [0.15, 0.2) is 0 Å². The summed E-state index contributed by atoms with van der Waals surface area (Å²) < 4.78 is 5.93. The summed E-state index contributed by atoms with van der Waals surface area (Å²) in [4.78, 5) is 11.4. The third kappa shape index (κ3) is 3.49. The van der Waals surface area contributed by atoms with E-state index in [9.17, 15) is 4.79 Å². The number of carbonyl (C=O) groups excluding carboxylic acids is 1. The van der Waals surface area contributed by atoms with Gasteiger partial charge in [0.1, 0.15) is 0 Å². The maximum Gasteiger partial charge on any atom is 0.256 e. The molecule has 0 fully saturated rings. The number of furan rings is 1. The molecule has 1 heterocycles. The smallest absolute Gasteiger partial charge is 0.256 e. The molecule has 0 bridgehead atoms. The molecule has 5 heteroatoms. The van der Waals surface area contributed by atoms with Crippen LogP contribution in [-0.2, 0) is 0 Å². The SMILES string of the molecule is O=C(NCCCCI)c1ccoc1Cl. The summed E-state index contributed by atoms with van der Waals surface area (Å²) in [6, 6.07) is 1.57. The Hall–Kier alpha value is -0.230. The van der Waals surface area contributed by atoms with E-state index >= 15 is 0 Å². The zero-order valence-electron chi connectivity index (χ0n) is 7.56. The Balaban J connectivity index is 2.32. The Bertz CT molecular complexity index is 301. The summed E-state index contributed by atoms with van der Waals surface area (Å²) in [5.74, 6) is -0.169. The minimum absolute atomic E-state index is 0.149. The van der Waals surface area contributed by atoms with Crippen LogP contribution < -0.4 is 5.32 Å². The zero-order chi connectivity index (χ0) is 10.4. The van der Waals surface area contributed by atoms with Crippen molar-refractivity contribution in [1.82, 2.24) is 5.32 Å². The van der Waals surface area contributed by atoms with Crippen molar-refractivity contribution in [1.29, 1.82) is 0 Å². The number of hydrogen-bond acceptors (Lipinski definition) is 2. The van der Waals surface area contributed by atoms with E-state index < -0.39 is 0 Å². The lowest BCUT2D eigenvalue weighted by Gasteiger charge is -2.02. The molecule has 1 amide bonds. The van der Waals surface area contributed by atoms with E-state index in [1.165, 1.54) is 6.26 Å². The number of alkyl halides is 1. The van der Waals surface area contributed by atoms with E-state index in [2.05, 4.69) is 27.9 Å². The Morgan fingerprint density at radius 1 is 1.57 bits per heavy atom. The largest absolute Gasteiger partial charge is 0.452 e. The minimum atomic E-state index is -0.169. The van der Waals surface area contributed by atoms with Gasteiger partial charge in [0.2, 0.25) is 5.22 Å². The van der Waals surface area contributed by atoms with Crippen LogP contribution in [0.4, 0.5) is 0 Å². The van der Waals surface area contributed by atoms with Crippen molar-refractivity contribution in [2.24, 2.45) is 0 Å². The maximum atomic E-state index is 11.4. The van der Waals surface area contributed by atoms with E-state index in [0.717, 1.165) is 17.3 Å². The Morgan fingerprint density at radius 2 is 2.36 bits per heavy atom. The second-order valence-corrected chi connectivity index (χ2v) is 4.18. The van der Waals surface area contributed by atoms with E-state index in [0.29, 0.717) is 12.1 Å². The second-order valence-electron chi connectivity index (χ2n) is 2.76. The van der Waals surface area contributed by atoms with Crippen molar-refractivity contribution < 1.29 is 9.21 Å². The molecule has 0 aliphatic rings. The Labute approximate surface area is 101 Å². The van der Waals surface area contributed by atoms with Crippen molar-refractivity contribution >= 4 is 40.1 Å². The molecule has 0 atom stereocenters. The van der Waals surface area contributed by atoms with Crippen molar-refractivity contribution in [3.05, 3.63) is 23.1 Å². The van der Waals surface area contributed by atoms with Crippen LogP contribution in [0.1, 0.15) is 23.2 Å². The molecule has 0 aromatic carbocycles. The average molecular weight is 328 g/mol. The highest BCUT2D eigenvalue weighted by atomic mass is 127. The van der Waals surface area contributed by atoms with Gasteiger partial charge < -0.3 is 9.73 Å². The monoisotopic (exact) mass is 327 g/mol. The first-order valence-corrected chi connectivity index (χ1v) is 6.23. The van der Waals surface area contributed by atoms with Crippen molar-refractivity contribution in [3.63, 3.8) is 0 Å². The molecule has 0 spiro atoms. The zero-order valence-corrected chi connectivity index (χ0v) is 10.5. The van der Waals surface area contributed by atoms with E-state index in [4.69, 9.17) is 16.0 Å². The molecule has 3 nitrogen and oxygen atoms in total. The molecule has 14 heavy (non-hydrogen) atoms. The van der Waals surface area contributed by atoms with Gasteiger partial charge in [-0.3, -0.25) is 4.79 Å². The standard InChI is InChI=1S/C9H11ClINO2/c10-8-7(3-6-14-8)9(13)12-5-2-1-4-11/h3,6H,1-2,4-5H2,(H,12,13). The van der Waals surface area contributed by atoms with Crippen molar-refractivity contribution in [2.75, 3.05) is 11.0 Å². The number of amides is 1. The van der Waals surface area contributed by atoms with Crippen LogP contribution in [0.25, 0.3) is 0 Å². The summed E-state index contributed by atoms with van der Waals surface area (Å²) in [7, 11) is 0. The predicted octanol–water partition coefficient (Wildman–Crippen LogP) is 2.88. The number of carbonyl (C=O) groups is 1. The number of nitrogens with one attached hydrogen (secondary N) is 1. The van der Waals surface area contributed by atoms with Crippen LogP contribution in [0.2, 0.25) is 5.22 Å². The Kier molecular flexibility index (Phi) is 5.32. The fourth-order valence-electron chi connectivity index (χ4n) is 0.972. The summed E-state index contributed by atoms with van der Waals surface area (Å²) >= 11 is 7.96. The number of hydrogen-bond donors (Lipinski definition) is 1. The summed E-state index contributed by atoms with van der Waals surface area (Å²) in [6.45, 7) is 0.684. The van der Waals surface area contributed by atoms with Crippen LogP contribution in [-0.4, -0.2) is 16.9 Å². The molecule has 0 saturated carbocycles. The molecule has 0 saturated heterocycles. The highest BCUT2D eigenvalue weighted by Gasteiger charge is 2.11. The van der Waals surface area contributed by atoms with Crippen LogP contribution in [0, 0.1) is 0 Å². The summed E-state index contributed by atoms with van der Waals surface area (Å²) in [5, 5.41) is 2.92. The lowest BCUT2D eigenvalue weighted by Crippen LogP contribution is -2.24. The van der Waals surface area contributed by atoms with Gasteiger partial charge in [-0.1, -0.05) is 22.6 Å². The van der Waals surface area contributed by atoms with E-state index in [-0.39, 0.29) is 11.1 Å². The van der Waals surface area contributed by atoms with Gasteiger partial charge >= 0.3 is 0 Å². The number of rotatable bonds is 5. The van der Waals surface area contributed by atoms with Crippen molar-refractivity contribution in [2.45, 2.75) is 12.8 Å². The van der Waals surface area contributed by atoms with Crippen LogP contribution in [0.15, 0.2) is 16.7 Å². The van der Waals surface area contributed by atoms with Gasteiger partial charge in [0.25, 0.3) is 5.91 Å². The third-order valence-electron chi connectivity index (χ3n) is 1.71. The molecule has 1 rings (SSSR count). The molecular weight excluding hydrogens is 316 g/mol. The molecule has 0 radical (unpaired) electrons. The van der Waals surface area contributed by atoms with Gasteiger partial charge in [0.05, 0.1) is 11.8 Å². The predicted molar refractivity (Wildman–Crippen MR) is 64.2 cm³/mol. The maximum absolute atomic E-state index is 11.4. The lowest BCUT2D eigenvalue weighted by atomic mass is 10.3. The quantitative estimate of drug-likeness (QED) is 0.513. The first-order valence-electron chi connectivity index (χ1n) is 4.33. The summed E-state index contributed by atoms with van der Waals surface area (Å²) in [6.07, 6.45) is 3.51. The summed E-state index contributed by atoms with van der Waals surface area (Å²) in [5.41, 5.74) is 0.404. The molecular formula is C9H11ClINO2. The first-order chi connectivity index (χ1) is 6.75. The molecule has 78 valence electrons. The average Bonchev–Trinajstić information content (AvgIpc) is 2.59. The van der Waals surface area contributed by atoms with E-state index in [1.807, 2.05) is 0 Å². The highest BCUT2D eigenvalue weighted by Crippen LogP contribution is 2.15. The topological polar surface area (TPSA) is 42.2 Å². The lowest BCUT2D eigenvalue weighted by molar-refractivity contribution is 0.0953. The first kappa shape index (κ1) is 11.8. The second kappa shape index (κ2) is 6.29. The van der Waals surface area contributed by atoms with Crippen LogP contribution in [0.5, 0.6) is 0 Å². The number of halogens is 2. The molecule has 0 aliphatic heterocycles. The molecule has 1 aromatic rings. The van der Waals surface area contributed by atoms with Gasteiger partial charge in [-0.15, -0.1) is 0 Å². The normalized spacial score (nSPS) is 10.1. The van der Waals surface area contributed by atoms with Crippen molar-refractivity contribution in [3.8, 4) is 0 Å². The number of unbranched alkanes of at least 4 members (excludes halogenated alkanes) is 1. The van der Waals surface area contributed by atoms with Gasteiger partial charge in [0, 0.05) is 6.54 Å². The fraction of sp³-hybridized carbons (Fsp3) is 0.444. The highest BCUT2D eigenvalue weighted by molar-refractivity contribution is 14.1. The van der Waals surface area contributed by atoms with Gasteiger partial charge in [-0.25, -0.2) is 0 Å². The molecule has 0 unspecified atom stereocenters. The van der Waals surface area contributed by atoms with Gasteiger partial charge in [-0.05, 0) is 34.9 Å². The van der Waals surface area contributed by atoms with Crippen LogP contribution in [0.3, 0.4) is 0 Å².